The van der Waals surface area contributed by atoms with Gasteiger partial charge in [0.05, 0.1) is 23.4 Å². The molecular formula is C24H26N4O4. The number of aryl methyl sites for hydroxylation is 2. The number of nitro groups is 1. The summed E-state index contributed by atoms with van der Waals surface area (Å²) in [5.74, 6) is 0.391. The van der Waals surface area contributed by atoms with Crippen LogP contribution in [0.5, 0.6) is 5.75 Å². The Labute approximate surface area is 186 Å². The van der Waals surface area contributed by atoms with Crippen molar-refractivity contribution in [2.75, 3.05) is 6.61 Å². The Hall–Kier alpha value is -3.94. The lowest BCUT2D eigenvalue weighted by atomic mass is 10.2. The van der Waals surface area contributed by atoms with Gasteiger partial charge in [-0.1, -0.05) is 13.0 Å². The Morgan fingerprint density at radius 1 is 1.16 bits per heavy atom. The average Bonchev–Trinajstić information content (AvgIpc) is 3.06. The van der Waals surface area contributed by atoms with E-state index in [1.165, 1.54) is 0 Å². The largest absolute Gasteiger partial charge is 0.494 e. The number of nitrogens with one attached hydrogen (secondary N) is 1. The Kier molecular flexibility index (Phi) is 7.04. The number of hydrogen-bond acceptors (Lipinski definition) is 5. The molecule has 1 N–H and O–H groups in total. The minimum Gasteiger partial charge on any atom is -0.494 e. The molecule has 1 amide bonds. The SMILES string of the molecule is CCCOc1ccc(C(=O)N/N=C\c2cc(C)n(-c3ccc(C)c([N+](=O)[O-])c3)c2C)cc1. The standard InChI is InChI=1S/C24H26N4O4/c1-5-12-32-22-10-7-19(8-11-22)24(29)26-25-15-20-13-17(3)27(18(20)4)21-9-6-16(2)23(14-21)28(30)31/h6-11,13-15H,5,12H2,1-4H3,(H,26,29)/b25-15-. The van der Waals surface area contributed by atoms with Crippen molar-refractivity contribution in [2.45, 2.75) is 34.1 Å². The summed E-state index contributed by atoms with van der Waals surface area (Å²) in [6.45, 7) is 8.18. The number of nitrogens with zero attached hydrogens (tertiary/aromatic N) is 3. The van der Waals surface area contributed by atoms with Gasteiger partial charge in [-0.25, -0.2) is 5.43 Å². The maximum Gasteiger partial charge on any atom is 0.274 e. The van der Waals surface area contributed by atoms with Crippen molar-refractivity contribution < 1.29 is 14.5 Å². The van der Waals surface area contributed by atoms with E-state index in [1.54, 1.807) is 49.5 Å². The number of aromatic nitrogens is 1. The summed E-state index contributed by atoms with van der Waals surface area (Å²) in [6, 6.07) is 13.9. The first-order chi connectivity index (χ1) is 15.3. The first kappa shape index (κ1) is 22.7. The summed E-state index contributed by atoms with van der Waals surface area (Å²) >= 11 is 0. The molecule has 1 heterocycles. The summed E-state index contributed by atoms with van der Waals surface area (Å²) in [5, 5.41) is 15.4. The molecule has 32 heavy (non-hydrogen) atoms. The van der Waals surface area contributed by atoms with Crippen LogP contribution in [0.3, 0.4) is 0 Å². The third kappa shape index (κ3) is 5.03. The number of nitro benzene ring substituents is 1. The number of carbonyl (C=O) groups excluding carboxylic acids is 1. The summed E-state index contributed by atoms with van der Waals surface area (Å²) in [7, 11) is 0. The van der Waals surface area contributed by atoms with Crippen LogP contribution in [-0.2, 0) is 0 Å². The van der Waals surface area contributed by atoms with Gasteiger partial charge >= 0.3 is 0 Å². The highest BCUT2D eigenvalue weighted by molar-refractivity contribution is 5.95. The molecular weight excluding hydrogens is 408 g/mol. The van der Waals surface area contributed by atoms with Gasteiger partial charge in [-0.2, -0.15) is 5.10 Å². The van der Waals surface area contributed by atoms with E-state index in [-0.39, 0.29) is 16.5 Å². The predicted octanol–water partition coefficient (Wildman–Crippen LogP) is 4.86. The average molecular weight is 434 g/mol. The number of carbonyl (C=O) groups is 1. The number of rotatable bonds is 8. The quantitative estimate of drug-likeness (QED) is 0.311. The molecule has 8 nitrogen and oxygen atoms in total. The molecule has 0 aliphatic heterocycles. The summed E-state index contributed by atoms with van der Waals surface area (Å²) in [6.07, 6.45) is 2.48. The second-order valence-corrected chi connectivity index (χ2v) is 7.46. The van der Waals surface area contributed by atoms with E-state index in [9.17, 15) is 14.9 Å². The van der Waals surface area contributed by atoms with Crippen molar-refractivity contribution in [1.29, 1.82) is 0 Å². The maximum atomic E-state index is 12.3. The normalized spacial score (nSPS) is 11.0. The lowest BCUT2D eigenvalue weighted by molar-refractivity contribution is -0.385. The first-order valence-corrected chi connectivity index (χ1v) is 10.3. The van der Waals surface area contributed by atoms with Crippen molar-refractivity contribution in [3.8, 4) is 11.4 Å². The molecule has 0 atom stereocenters. The van der Waals surface area contributed by atoms with Crippen molar-refractivity contribution in [3.63, 3.8) is 0 Å². The van der Waals surface area contributed by atoms with E-state index >= 15 is 0 Å². The molecule has 2 aromatic carbocycles. The highest BCUT2D eigenvalue weighted by Gasteiger charge is 2.15. The lowest BCUT2D eigenvalue weighted by Gasteiger charge is -2.10. The van der Waals surface area contributed by atoms with Crippen LogP contribution in [0.2, 0.25) is 0 Å². The van der Waals surface area contributed by atoms with Crippen LogP contribution < -0.4 is 10.2 Å². The van der Waals surface area contributed by atoms with Gasteiger partial charge in [-0.3, -0.25) is 14.9 Å². The summed E-state index contributed by atoms with van der Waals surface area (Å²) < 4.78 is 7.44. The van der Waals surface area contributed by atoms with Crippen LogP contribution in [0.15, 0.2) is 53.6 Å². The zero-order valence-electron chi connectivity index (χ0n) is 18.6. The molecule has 8 heteroatoms. The van der Waals surface area contributed by atoms with Crippen LogP contribution in [0.1, 0.15) is 46.2 Å². The third-order valence-corrected chi connectivity index (χ3v) is 5.08. The number of hydrazone groups is 1. The molecule has 0 unspecified atom stereocenters. The highest BCUT2D eigenvalue weighted by Crippen LogP contribution is 2.25. The fourth-order valence-electron chi connectivity index (χ4n) is 3.40. The fourth-order valence-corrected chi connectivity index (χ4v) is 3.40. The second-order valence-electron chi connectivity index (χ2n) is 7.46. The molecule has 0 bridgehead atoms. The van der Waals surface area contributed by atoms with Gasteiger partial charge in [0.15, 0.2) is 0 Å². The number of benzene rings is 2. The zero-order valence-corrected chi connectivity index (χ0v) is 18.6. The van der Waals surface area contributed by atoms with Crippen molar-refractivity contribution in [2.24, 2.45) is 5.10 Å². The number of amides is 1. The molecule has 0 spiro atoms. The Morgan fingerprint density at radius 2 is 1.88 bits per heavy atom. The molecule has 0 radical (unpaired) electrons. The van der Waals surface area contributed by atoms with Gasteiger partial charge in [0.1, 0.15) is 5.75 Å². The van der Waals surface area contributed by atoms with Crippen LogP contribution in [0, 0.1) is 30.9 Å². The van der Waals surface area contributed by atoms with Crippen LogP contribution in [0.4, 0.5) is 5.69 Å². The minimum absolute atomic E-state index is 0.0728. The van der Waals surface area contributed by atoms with Gasteiger partial charge in [0.2, 0.25) is 0 Å². The molecule has 3 aromatic rings. The molecule has 1 aromatic heterocycles. The van der Waals surface area contributed by atoms with Crippen molar-refractivity contribution in [3.05, 3.63) is 86.7 Å². The highest BCUT2D eigenvalue weighted by atomic mass is 16.6. The number of ether oxygens (including phenoxy) is 1. The molecule has 0 fully saturated rings. The number of hydrogen-bond donors (Lipinski definition) is 1. The first-order valence-electron chi connectivity index (χ1n) is 10.3. The van der Waals surface area contributed by atoms with E-state index in [1.807, 2.05) is 37.5 Å². The van der Waals surface area contributed by atoms with E-state index < -0.39 is 0 Å². The molecule has 3 rings (SSSR count). The smallest absolute Gasteiger partial charge is 0.274 e. The maximum absolute atomic E-state index is 12.3. The predicted molar refractivity (Wildman–Crippen MR) is 124 cm³/mol. The Balaban J connectivity index is 1.74. The van der Waals surface area contributed by atoms with Gasteiger partial charge in [-0.05, 0) is 63.6 Å². The van der Waals surface area contributed by atoms with Crippen molar-refractivity contribution >= 4 is 17.8 Å². The third-order valence-electron chi connectivity index (χ3n) is 5.08. The summed E-state index contributed by atoms with van der Waals surface area (Å²) in [5.41, 5.74) is 6.94. The molecule has 0 aliphatic rings. The van der Waals surface area contributed by atoms with E-state index in [4.69, 9.17) is 4.74 Å². The molecule has 166 valence electrons. The van der Waals surface area contributed by atoms with E-state index in [2.05, 4.69) is 10.5 Å². The second kappa shape index (κ2) is 9.91. The lowest BCUT2D eigenvalue weighted by Crippen LogP contribution is -2.17. The Bertz CT molecular complexity index is 1160. The van der Waals surface area contributed by atoms with Gasteiger partial charge < -0.3 is 9.30 Å². The van der Waals surface area contributed by atoms with Gasteiger partial charge in [0, 0.05) is 34.1 Å². The van der Waals surface area contributed by atoms with Gasteiger partial charge in [0.25, 0.3) is 11.6 Å². The Morgan fingerprint density at radius 3 is 2.53 bits per heavy atom. The summed E-state index contributed by atoms with van der Waals surface area (Å²) in [4.78, 5) is 23.3. The van der Waals surface area contributed by atoms with E-state index in [0.717, 1.165) is 29.1 Å². The van der Waals surface area contributed by atoms with Crippen LogP contribution >= 0.6 is 0 Å². The topological polar surface area (TPSA) is 98.8 Å². The monoisotopic (exact) mass is 434 g/mol. The molecule has 0 saturated heterocycles. The van der Waals surface area contributed by atoms with Crippen LogP contribution in [0.25, 0.3) is 5.69 Å². The fraction of sp³-hybridized carbons (Fsp3) is 0.250. The zero-order chi connectivity index (χ0) is 23.3. The van der Waals surface area contributed by atoms with E-state index in [0.29, 0.717) is 23.4 Å². The minimum atomic E-state index is -0.382. The van der Waals surface area contributed by atoms with Crippen molar-refractivity contribution in [1.82, 2.24) is 9.99 Å². The molecule has 0 saturated carbocycles. The van der Waals surface area contributed by atoms with Gasteiger partial charge in [-0.15, -0.1) is 0 Å². The molecule has 0 aliphatic carbocycles. The van der Waals surface area contributed by atoms with Crippen LogP contribution in [-0.4, -0.2) is 28.2 Å².